The zero-order chi connectivity index (χ0) is 7.70. The Bertz CT molecular complexity index is 40.0. The first-order valence-corrected chi connectivity index (χ1v) is 3.14. The summed E-state index contributed by atoms with van der Waals surface area (Å²) in [6.45, 7) is 3.67. The summed E-state index contributed by atoms with van der Waals surface area (Å²) in [4.78, 5) is 1.93. The van der Waals surface area contributed by atoms with Gasteiger partial charge in [-0.05, 0) is 20.6 Å². The summed E-state index contributed by atoms with van der Waals surface area (Å²) >= 11 is 0. The predicted octanol–water partition coefficient (Wildman–Crippen LogP) is -0.495. The van der Waals surface area contributed by atoms with Crippen LogP contribution < -0.4 is 5.73 Å². The summed E-state index contributed by atoms with van der Waals surface area (Å²) < 4.78 is 0. The Hall–Kier alpha value is -0.120. The Labute approximate surface area is 57.5 Å². The second kappa shape index (κ2) is 10.8. The molecule has 0 aliphatic rings. The van der Waals surface area contributed by atoms with E-state index in [2.05, 4.69) is 0 Å². The molecule has 0 unspecified atom stereocenters. The fraction of sp³-hybridized carbons (Fsp3) is 1.00. The second-order valence-electron chi connectivity index (χ2n) is 1.94. The standard InChI is InChI=1S/C4H11NO.C2H7N/c1-5(2)3-4-6;1-2-3/h6H,3-4H2,1-2H3;2-3H2,1H3. The van der Waals surface area contributed by atoms with E-state index in [0.29, 0.717) is 0 Å². The van der Waals surface area contributed by atoms with Crippen molar-refractivity contribution in [1.82, 2.24) is 4.90 Å². The average molecular weight is 134 g/mol. The van der Waals surface area contributed by atoms with Crippen LogP contribution in [0.15, 0.2) is 0 Å². The highest BCUT2D eigenvalue weighted by Gasteiger charge is 1.80. The van der Waals surface area contributed by atoms with Gasteiger partial charge in [0.2, 0.25) is 0 Å². The number of hydrogen-bond donors (Lipinski definition) is 2. The molecule has 0 fully saturated rings. The maximum absolute atomic E-state index is 8.20. The van der Waals surface area contributed by atoms with E-state index in [-0.39, 0.29) is 6.61 Å². The lowest BCUT2D eigenvalue weighted by Gasteiger charge is -2.03. The topological polar surface area (TPSA) is 49.5 Å². The Morgan fingerprint density at radius 1 is 1.44 bits per heavy atom. The largest absolute Gasteiger partial charge is 0.395 e. The van der Waals surface area contributed by atoms with E-state index in [1.54, 1.807) is 0 Å². The number of aliphatic hydroxyl groups excluding tert-OH is 1. The van der Waals surface area contributed by atoms with Crippen molar-refractivity contribution in [2.75, 3.05) is 33.8 Å². The van der Waals surface area contributed by atoms with E-state index >= 15 is 0 Å². The fourth-order valence-electron chi connectivity index (χ4n) is 0.200. The molecule has 9 heavy (non-hydrogen) atoms. The van der Waals surface area contributed by atoms with Crippen molar-refractivity contribution >= 4 is 0 Å². The minimum absolute atomic E-state index is 0.257. The van der Waals surface area contributed by atoms with Gasteiger partial charge in [0.15, 0.2) is 0 Å². The van der Waals surface area contributed by atoms with Gasteiger partial charge in [0.25, 0.3) is 0 Å². The summed E-state index contributed by atoms with van der Waals surface area (Å²) in [5.74, 6) is 0. The van der Waals surface area contributed by atoms with Crippen molar-refractivity contribution in [2.45, 2.75) is 6.92 Å². The SMILES string of the molecule is CCN.CN(C)CCO. The first-order valence-electron chi connectivity index (χ1n) is 3.14. The molecular formula is C6H18N2O. The first kappa shape index (κ1) is 11.6. The summed E-state index contributed by atoms with van der Waals surface area (Å²) in [6.07, 6.45) is 0. The van der Waals surface area contributed by atoms with Crippen LogP contribution in [0, 0.1) is 0 Å². The van der Waals surface area contributed by atoms with E-state index in [1.807, 2.05) is 25.9 Å². The highest BCUT2D eigenvalue weighted by atomic mass is 16.3. The van der Waals surface area contributed by atoms with Crippen LogP contribution in [0.5, 0.6) is 0 Å². The summed E-state index contributed by atoms with van der Waals surface area (Å²) in [6, 6.07) is 0. The van der Waals surface area contributed by atoms with Crippen molar-refractivity contribution in [2.24, 2.45) is 5.73 Å². The lowest BCUT2D eigenvalue weighted by molar-refractivity contribution is 0.243. The van der Waals surface area contributed by atoms with Gasteiger partial charge in [-0.15, -0.1) is 0 Å². The van der Waals surface area contributed by atoms with Crippen molar-refractivity contribution in [3.8, 4) is 0 Å². The van der Waals surface area contributed by atoms with Gasteiger partial charge in [0.1, 0.15) is 0 Å². The van der Waals surface area contributed by atoms with Crippen molar-refractivity contribution in [3.05, 3.63) is 0 Å². The Balaban J connectivity index is 0. The molecule has 0 aromatic heterocycles. The van der Waals surface area contributed by atoms with Crippen molar-refractivity contribution in [1.29, 1.82) is 0 Å². The number of nitrogens with zero attached hydrogens (tertiary/aromatic N) is 1. The molecule has 0 heterocycles. The molecule has 0 saturated carbocycles. The zero-order valence-corrected chi connectivity index (χ0v) is 6.59. The van der Waals surface area contributed by atoms with Gasteiger partial charge >= 0.3 is 0 Å². The molecule has 0 aromatic carbocycles. The quantitative estimate of drug-likeness (QED) is 0.535. The Morgan fingerprint density at radius 2 is 1.78 bits per heavy atom. The Morgan fingerprint density at radius 3 is 1.78 bits per heavy atom. The molecule has 0 atom stereocenters. The molecule has 3 N–H and O–H groups in total. The molecule has 58 valence electrons. The van der Waals surface area contributed by atoms with E-state index in [0.717, 1.165) is 13.1 Å². The molecule has 0 aromatic rings. The van der Waals surface area contributed by atoms with Gasteiger partial charge in [0.05, 0.1) is 6.61 Å². The normalized spacial score (nSPS) is 8.67. The van der Waals surface area contributed by atoms with Crippen LogP contribution in [0.2, 0.25) is 0 Å². The first-order chi connectivity index (χ1) is 4.18. The molecule has 0 amide bonds. The van der Waals surface area contributed by atoms with Gasteiger partial charge in [-0.25, -0.2) is 0 Å². The monoisotopic (exact) mass is 134 g/mol. The van der Waals surface area contributed by atoms with Gasteiger partial charge in [-0.2, -0.15) is 0 Å². The minimum atomic E-state index is 0.257. The number of rotatable bonds is 2. The highest BCUT2D eigenvalue weighted by molar-refractivity contribution is 4.34. The zero-order valence-electron chi connectivity index (χ0n) is 6.59. The smallest absolute Gasteiger partial charge is 0.0558 e. The lowest BCUT2D eigenvalue weighted by atomic mass is 10.6. The third-order valence-electron chi connectivity index (χ3n) is 0.547. The molecule has 0 rings (SSSR count). The highest BCUT2D eigenvalue weighted by Crippen LogP contribution is 1.66. The van der Waals surface area contributed by atoms with Crippen molar-refractivity contribution in [3.63, 3.8) is 0 Å². The maximum Gasteiger partial charge on any atom is 0.0558 e. The third-order valence-corrected chi connectivity index (χ3v) is 0.547. The molecule has 0 aliphatic heterocycles. The molecule has 0 aliphatic carbocycles. The van der Waals surface area contributed by atoms with Gasteiger partial charge in [-0.1, -0.05) is 6.92 Å². The number of nitrogens with two attached hydrogens (primary N) is 1. The van der Waals surface area contributed by atoms with Crippen LogP contribution >= 0.6 is 0 Å². The average Bonchev–Trinajstić information content (AvgIpc) is 1.67. The fourth-order valence-corrected chi connectivity index (χ4v) is 0.200. The van der Waals surface area contributed by atoms with Crippen LogP contribution in [0.25, 0.3) is 0 Å². The number of likely N-dealkylation sites (N-methyl/N-ethyl adjacent to an activating group) is 1. The molecule has 3 heteroatoms. The van der Waals surface area contributed by atoms with E-state index in [1.165, 1.54) is 0 Å². The summed E-state index contributed by atoms with van der Waals surface area (Å²) in [5, 5.41) is 8.20. The summed E-state index contributed by atoms with van der Waals surface area (Å²) in [5.41, 5.74) is 4.85. The molecule has 0 saturated heterocycles. The van der Waals surface area contributed by atoms with E-state index < -0.39 is 0 Å². The van der Waals surface area contributed by atoms with Crippen LogP contribution in [0.4, 0.5) is 0 Å². The molecule has 0 radical (unpaired) electrons. The van der Waals surface area contributed by atoms with Gasteiger partial charge in [-0.3, -0.25) is 0 Å². The molecule has 0 spiro atoms. The van der Waals surface area contributed by atoms with Gasteiger partial charge in [0, 0.05) is 6.54 Å². The third kappa shape index (κ3) is 32.8. The molecule has 0 bridgehead atoms. The minimum Gasteiger partial charge on any atom is -0.395 e. The van der Waals surface area contributed by atoms with Crippen LogP contribution in [-0.2, 0) is 0 Å². The van der Waals surface area contributed by atoms with Crippen molar-refractivity contribution < 1.29 is 5.11 Å². The predicted molar refractivity (Wildman–Crippen MR) is 40.4 cm³/mol. The van der Waals surface area contributed by atoms with E-state index in [9.17, 15) is 0 Å². The Kier molecular flexibility index (Phi) is 14.0. The van der Waals surface area contributed by atoms with Crippen LogP contribution in [0.3, 0.4) is 0 Å². The number of aliphatic hydroxyl groups is 1. The molecular weight excluding hydrogens is 116 g/mol. The van der Waals surface area contributed by atoms with Crippen LogP contribution in [0.1, 0.15) is 6.92 Å². The lowest BCUT2D eigenvalue weighted by Crippen LogP contribution is -2.15. The van der Waals surface area contributed by atoms with Crippen LogP contribution in [-0.4, -0.2) is 43.8 Å². The van der Waals surface area contributed by atoms with E-state index in [4.69, 9.17) is 10.8 Å². The summed E-state index contributed by atoms with van der Waals surface area (Å²) in [7, 11) is 3.85. The molecule has 3 nitrogen and oxygen atoms in total. The maximum atomic E-state index is 8.20. The second-order valence-corrected chi connectivity index (χ2v) is 1.94. The van der Waals surface area contributed by atoms with Gasteiger partial charge < -0.3 is 15.7 Å². The number of hydrogen-bond acceptors (Lipinski definition) is 3.